The van der Waals surface area contributed by atoms with Crippen LogP contribution in [0.2, 0.25) is 0 Å². The van der Waals surface area contributed by atoms with Gasteiger partial charge in [-0.3, -0.25) is 4.79 Å². The number of hydrogen-bond acceptors (Lipinski definition) is 4. The van der Waals surface area contributed by atoms with Crippen LogP contribution in [0.25, 0.3) is 0 Å². The fourth-order valence-corrected chi connectivity index (χ4v) is 3.12. The molecule has 0 aromatic carbocycles. The topological polar surface area (TPSA) is 36.7 Å². The molecule has 17 heavy (non-hydrogen) atoms. The van der Waals surface area contributed by atoms with Gasteiger partial charge in [-0.25, -0.2) is 0 Å². The SMILES string of the molecule is C[C@H]1S[C@@H](c2ccco2)N(CCN(C)C)C1=O. The third-order valence-corrected chi connectivity index (χ3v) is 4.18. The smallest absolute Gasteiger partial charge is 0.236 e. The van der Waals surface area contributed by atoms with Crippen molar-refractivity contribution in [2.45, 2.75) is 17.5 Å². The van der Waals surface area contributed by atoms with Crippen molar-refractivity contribution in [3.05, 3.63) is 24.2 Å². The van der Waals surface area contributed by atoms with Crippen molar-refractivity contribution in [3.8, 4) is 0 Å². The molecule has 0 N–H and O–H groups in total. The number of amides is 1. The van der Waals surface area contributed by atoms with Crippen molar-refractivity contribution in [2.75, 3.05) is 27.2 Å². The Balaban J connectivity index is 2.11. The van der Waals surface area contributed by atoms with Gasteiger partial charge in [-0.05, 0) is 33.2 Å². The van der Waals surface area contributed by atoms with Gasteiger partial charge in [-0.2, -0.15) is 0 Å². The lowest BCUT2D eigenvalue weighted by atomic mass is 10.3. The molecule has 0 aliphatic carbocycles. The van der Waals surface area contributed by atoms with E-state index in [0.717, 1.165) is 18.8 Å². The molecule has 94 valence electrons. The molecular weight excluding hydrogens is 236 g/mol. The molecule has 1 aliphatic heterocycles. The zero-order valence-electron chi connectivity index (χ0n) is 10.4. The molecular formula is C12H18N2O2S. The molecule has 0 unspecified atom stereocenters. The number of likely N-dealkylation sites (N-methyl/N-ethyl adjacent to an activating group) is 1. The van der Waals surface area contributed by atoms with Crippen LogP contribution in [0.5, 0.6) is 0 Å². The van der Waals surface area contributed by atoms with Crippen molar-refractivity contribution in [1.82, 2.24) is 9.80 Å². The number of nitrogens with zero attached hydrogens (tertiary/aromatic N) is 2. The number of rotatable bonds is 4. The summed E-state index contributed by atoms with van der Waals surface area (Å²) < 4.78 is 5.42. The fraction of sp³-hybridized carbons (Fsp3) is 0.583. The Morgan fingerprint density at radius 3 is 2.88 bits per heavy atom. The minimum Gasteiger partial charge on any atom is -0.466 e. The largest absolute Gasteiger partial charge is 0.466 e. The van der Waals surface area contributed by atoms with Crippen molar-refractivity contribution in [1.29, 1.82) is 0 Å². The summed E-state index contributed by atoms with van der Waals surface area (Å²) in [6.07, 6.45) is 1.66. The molecule has 1 saturated heterocycles. The van der Waals surface area contributed by atoms with E-state index in [1.165, 1.54) is 0 Å². The van der Waals surface area contributed by atoms with E-state index in [1.807, 2.05) is 38.1 Å². The zero-order chi connectivity index (χ0) is 12.4. The lowest BCUT2D eigenvalue weighted by Gasteiger charge is -2.23. The van der Waals surface area contributed by atoms with Crippen LogP contribution in [0.3, 0.4) is 0 Å². The number of furan rings is 1. The average Bonchev–Trinajstić information content (AvgIpc) is 2.87. The first-order chi connectivity index (χ1) is 8.09. The number of carbonyl (C=O) groups is 1. The van der Waals surface area contributed by atoms with Gasteiger partial charge in [0.15, 0.2) is 0 Å². The highest BCUT2D eigenvalue weighted by Crippen LogP contribution is 2.42. The Hall–Kier alpha value is -0.940. The van der Waals surface area contributed by atoms with E-state index in [0.29, 0.717) is 0 Å². The van der Waals surface area contributed by atoms with Crippen molar-refractivity contribution >= 4 is 17.7 Å². The quantitative estimate of drug-likeness (QED) is 0.821. The van der Waals surface area contributed by atoms with Gasteiger partial charge >= 0.3 is 0 Å². The van der Waals surface area contributed by atoms with Crippen molar-refractivity contribution in [3.63, 3.8) is 0 Å². The van der Waals surface area contributed by atoms with Gasteiger partial charge in [-0.1, -0.05) is 0 Å². The molecule has 5 heteroatoms. The predicted molar refractivity (Wildman–Crippen MR) is 68.8 cm³/mol. The minimum atomic E-state index is 0.0206. The van der Waals surface area contributed by atoms with Gasteiger partial charge in [0.2, 0.25) is 5.91 Å². The van der Waals surface area contributed by atoms with Gasteiger partial charge in [-0.15, -0.1) is 11.8 Å². The second-order valence-electron chi connectivity index (χ2n) is 4.48. The Labute approximate surface area is 106 Å². The first kappa shape index (κ1) is 12.5. The maximum absolute atomic E-state index is 12.1. The summed E-state index contributed by atoms with van der Waals surface area (Å²) in [4.78, 5) is 16.1. The summed E-state index contributed by atoms with van der Waals surface area (Å²) in [6, 6.07) is 3.80. The molecule has 0 radical (unpaired) electrons. The molecule has 0 saturated carbocycles. The summed E-state index contributed by atoms with van der Waals surface area (Å²) in [6.45, 7) is 3.57. The number of hydrogen-bond donors (Lipinski definition) is 0. The highest BCUT2D eigenvalue weighted by molar-refractivity contribution is 8.01. The van der Waals surface area contributed by atoms with Gasteiger partial charge in [0.05, 0.1) is 11.5 Å². The Morgan fingerprint density at radius 2 is 2.29 bits per heavy atom. The summed E-state index contributed by atoms with van der Waals surface area (Å²) in [7, 11) is 4.03. The summed E-state index contributed by atoms with van der Waals surface area (Å²) >= 11 is 1.66. The standard InChI is InChI=1S/C12H18N2O2S/c1-9-11(15)14(7-6-13(2)3)12(17-9)10-5-4-8-16-10/h4-5,8-9,12H,6-7H2,1-3H3/t9-,12+/m1/s1. The Morgan fingerprint density at radius 1 is 1.53 bits per heavy atom. The number of carbonyl (C=O) groups excluding carboxylic acids is 1. The molecule has 4 nitrogen and oxygen atoms in total. The van der Waals surface area contributed by atoms with Crippen LogP contribution >= 0.6 is 11.8 Å². The maximum Gasteiger partial charge on any atom is 0.236 e. The van der Waals surface area contributed by atoms with Crippen LogP contribution in [0.15, 0.2) is 22.8 Å². The van der Waals surface area contributed by atoms with Crippen LogP contribution in [0.4, 0.5) is 0 Å². The van der Waals surface area contributed by atoms with Crippen LogP contribution in [-0.2, 0) is 4.79 Å². The minimum absolute atomic E-state index is 0.0206. The van der Waals surface area contributed by atoms with E-state index in [9.17, 15) is 4.79 Å². The summed E-state index contributed by atoms with van der Waals surface area (Å²) in [5.41, 5.74) is 0. The van der Waals surface area contributed by atoms with E-state index in [1.54, 1.807) is 18.0 Å². The van der Waals surface area contributed by atoms with Gasteiger partial charge in [0.1, 0.15) is 11.1 Å². The van der Waals surface area contributed by atoms with E-state index >= 15 is 0 Å². The Kier molecular flexibility index (Phi) is 3.79. The van der Waals surface area contributed by atoms with E-state index in [-0.39, 0.29) is 16.5 Å². The van der Waals surface area contributed by atoms with E-state index in [2.05, 4.69) is 4.90 Å². The molecule has 0 spiro atoms. The molecule has 1 fully saturated rings. The number of thioether (sulfide) groups is 1. The van der Waals surface area contributed by atoms with Crippen LogP contribution in [0, 0.1) is 0 Å². The molecule has 1 aliphatic rings. The van der Waals surface area contributed by atoms with Crippen LogP contribution in [-0.4, -0.2) is 48.1 Å². The van der Waals surface area contributed by atoms with Gasteiger partial charge in [0, 0.05) is 13.1 Å². The molecule has 2 rings (SSSR count). The molecule has 1 aromatic heterocycles. The lowest BCUT2D eigenvalue weighted by Crippen LogP contribution is -2.35. The van der Waals surface area contributed by atoms with Crippen molar-refractivity contribution < 1.29 is 9.21 Å². The molecule has 2 heterocycles. The molecule has 0 bridgehead atoms. The van der Waals surface area contributed by atoms with Gasteiger partial charge in [0.25, 0.3) is 0 Å². The first-order valence-corrected chi connectivity index (χ1v) is 6.68. The van der Waals surface area contributed by atoms with Crippen molar-refractivity contribution in [2.24, 2.45) is 0 Å². The average molecular weight is 254 g/mol. The highest BCUT2D eigenvalue weighted by atomic mass is 32.2. The van der Waals surface area contributed by atoms with Crippen LogP contribution < -0.4 is 0 Å². The van der Waals surface area contributed by atoms with Gasteiger partial charge < -0.3 is 14.2 Å². The lowest BCUT2D eigenvalue weighted by molar-refractivity contribution is -0.130. The summed E-state index contributed by atoms with van der Waals surface area (Å²) in [5, 5.41) is 0.0553. The van der Waals surface area contributed by atoms with E-state index < -0.39 is 0 Å². The molecule has 1 amide bonds. The molecule has 1 aromatic rings. The monoisotopic (exact) mass is 254 g/mol. The fourth-order valence-electron chi connectivity index (χ4n) is 1.86. The maximum atomic E-state index is 12.1. The normalized spacial score (nSPS) is 24.9. The van der Waals surface area contributed by atoms with Crippen LogP contribution in [0.1, 0.15) is 18.1 Å². The second-order valence-corrected chi connectivity index (χ2v) is 5.91. The van der Waals surface area contributed by atoms with E-state index in [4.69, 9.17) is 4.42 Å². The highest BCUT2D eigenvalue weighted by Gasteiger charge is 2.39. The molecule has 2 atom stereocenters. The third-order valence-electron chi connectivity index (χ3n) is 2.82. The first-order valence-electron chi connectivity index (χ1n) is 5.73. The Bertz CT molecular complexity index is 378. The third kappa shape index (κ3) is 2.66. The predicted octanol–water partition coefficient (Wildman–Crippen LogP) is 1.80. The summed E-state index contributed by atoms with van der Waals surface area (Å²) in [5.74, 6) is 1.07. The zero-order valence-corrected chi connectivity index (χ0v) is 11.2. The second kappa shape index (κ2) is 5.14.